The lowest BCUT2D eigenvalue weighted by Gasteiger charge is -2.31. The topological polar surface area (TPSA) is 58.2 Å². The van der Waals surface area contributed by atoms with Crippen LogP contribution in [0, 0.1) is 5.92 Å². The van der Waals surface area contributed by atoms with Crippen LogP contribution in [0.1, 0.15) is 32.1 Å². The van der Waals surface area contributed by atoms with Gasteiger partial charge in [0.1, 0.15) is 6.61 Å². The molecule has 2 aliphatic rings. The normalized spacial score (nSPS) is 23.7. The van der Waals surface area contributed by atoms with Crippen molar-refractivity contribution >= 4 is 22.8 Å². The SMILES string of the molecule is O=C1OCC(C2CCCCC2)N1c1ccc2[nH]cnc2c1. The molecule has 0 spiro atoms. The molecule has 2 heterocycles. The summed E-state index contributed by atoms with van der Waals surface area (Å²) in [4.78, 5) is 21.4. The Kier molecular flexibility index (Phi) is 3.05. The predicted molar refractivity (Wildman–Crippen MR) is 80.3 cm³/mol. The van der Waals surface area contributed by atoms with Crippen LogP contribution in [0.3, 0.4) is 0 Å². The van der Waals surface area contributed by atoms with Crippen molar-refractivity contribution in [2.75, 3.05) is 11.5 Å². The molecule has 1 aliphatic heterocycles. The zero-order valence-corrected chi connectivity index (χ0v) is 11.9. The van der Waals surface area contributed by atoms with E-state index in [1.807, 2.05) is 23.1 Å². The molecule has 0 radical (unpaired) electrons. The third kappa shape index (κ3) is 2.17. The summed E-state index contributed by atoms with van der Waals surface area (Å²) in [5.74, 6) is 0.556. The fraction of sp³-hybridized carbons (Fsp3) is 0.500. The molecular formula is C16H19N3O2. The number of cyclic esters (lactones) is 1. The van der Waals surface area contributed by atoms with Gasteiger partial charge < -0.3 is 9.72 Å². The molecule has 110 valence electrons. The highest BCUT2D eigenvalue weighted by molar-refractivity contribution is 5.93. The Morgan fingerprint density at radius 1 is 1.24 bits per heavy atom. The monoisotopic (exact) mass is 285 g/mol. The number of hydrogen-bond donors (Lipinski definition) is 1. The van der Waals surface area contributed by atoms with Crippen LogP contribution in [0.15, 0.2) is 24.5 Å². The van der Waals surface area contributed by atoms with Gasteiger partial charge in [0.05, 0.1) is 23.4 Å². The summed E-state index contributed by atoms with van der Waals surface area (Å²) in [5.41, 5.74) is 2.77. The number of benzene rings is 1. The van der Waals surface area contributed by atoms with E-state index in [4.69, 9.17) is 4.74 Å². The number of aromatic nitrogens is 2. The van der Waals surface area contributed by atoms with Crippen molar-refractivity contribution in [2.45, 2.75) is 38.1 Å². The Balaban J connectivity index is 1.67. The molecular weight excluding hydrogens is 266 g/mol. The minimum absolute atomic E-state index is 0.175. The number of carbonyl (C=O) groups is 1. The summed E-state index contributed by atoms with van der Waals surface area (Å²) in [7, 11) is 0. The number of ether oxygens (including phenoxy) is 1. The van der Waals surface area contributed by atoms with Gasteiger partial charge in [0, 0.05) is 5.69 Å². The van der Waals surface area contributed by atoms with Crippen LogP contribution >= 0.6 is 0 Å². The molecule has 1 unspecified atom stereocenters. The molecule has 1 amide bonds. The lowest BCUT2D eigenvalue weighted by molar-refractivity contribution is 0.173. The van der Waals surface area contributed by atoms with Crippen molar-refractivity contribution in [2.24, 2.45) is 5.92 Å². The first-order valence-electron chi connectivity index (χ1n) is 7.72. The number of rotatable bonds is 2. The van der Waals surface area contributed by atoms with Gasteiger partial charge in [-0.2, -0.15) is 0 Å². The first-order valence-corrected chi connectivity index (χ1v) is 7.72. The average molecular weight is 285 g/mol. The first-order chi connectivity index (χ1) is 10.3. The summed E-state index contributed by atoms with van der Waals surface area (Å²) in [6.45, 7) is 0.516. The van der Waals surface area contributed by atoms with E-state index in [0.717, 1.165) is 16.7 Å². The lowest BCUT2D eigenvalue weighted by Crippen LogP contribution is -2.40. The molecule has 1 saturated heterocycles. The summed E-state index contributed by atoms with van der Waals surface area (Å²) >= 11 is 0. The van der Waals surface area contributed by atoms with Crippen molar-refractivity contribution in [1.29, 1.82) is 0 Å². The Bertz CT molecular complexity index is 660. The molecule has 5 heteroatoms. The molecule has 0 bridgehead atoms. The standard InChI is InChI=1S/C16H19N3O2/c20-16-19(12-6-7-13-14(8-12)18-10-17-13)15(9-21-16)11-4-2-1-3-5-11/h6-8,10-11,15H,1-5,9H2,(H,17,18). The van der Waals surface area contributed by atoms with E-state index in [1.165, 1.54) is 32.1 Å². The number of imidazole rings is 1. The second-order valence-corrected chi connectivity index (χ2v) is 6.02. The van der Waals surface area contributed by atoms with Gasteiger partial charge in [0.25, 0.3) is 0 Å². The van der Waals surface area contributed by atoms with Gasteiger partial charge in [-0.3, -0.25) is 4.90 Å². The second-order valence-electron chi connectivity index (χ2n) is 6.02. The van der Waals surface area contributed by atoms with E-state index >= 15 is 0 Å². The quantitative estimate of drug-likeness (QED) is 0.919. The number of nitrogens with one attached hydrogen (secondary N) is 1. The highest BCUT2D eigenvalue weighted by Gasteiger charge is 2.39. The van der Waals surface area contributed by atoms with Crippen LogP contribution in [0.4, 0.5) is 10.5 Å². The average Bonchev–Trinajstić information content (AvgIpc) is 3.13. The summed E-state index contributed by atoms with van der Waals surface area (Å²) in [6.07, 6.45) is 7.70. The summed E-state index contributed by atoms with van der Waals surface area (Å²) < 4.78 is 5.34. The van der Waals surface area contributed by atoms with E-state index in [9.17, 15) is 4.79 Å². The highest BCUT2D eigenvalue weighted by atomic mass is 16.6. The van der Waals surface area contributed by atoms with E-state index < -0.39 is 0 Å². The molecule has 2 fully saturated rings. The largest absolute Gasteiger partial charge is 0.447 e. The lowest BCUT2D eigenvalue weighted by atomic mass is 9.83. The van der Waals surface area contributed by atoms with Crippen LogP contribution < -0.4 is 4.90 Å². The van der Waals surface area contributed by atoms with Crippen molar-refractivity contribution in [3.8, 4) is 0 Å². The van der Waals surface area contributed by atoms with E-state index in [1.54, 1.807) is 6.33 Å². The van der Waals surface area contributed by atoms with Crippen LogP contribution in [0.2, 0.25) is 0 Å². The highest BCUT2D eigenvalue weighted by Crippen LogP contribution is 2.35. The smallest absolute Gasteiger partial charge is 0.414 e. The number of anilines is 1. The van der Waals surface area contributed by atoms with Crippen LogP contribution in [0.5, 0.6) is 0 Å². The molecule has 1 N–H and O–H groups in total. The fourth-order valence-corrected chi connectivity index (χ4v) is 3.67. The zero-order chi connectivity index (χ0) is 14.2. The molecule has 1 aromatic heterocycles. The van der Waals surface area contributed by atoms with Crippen molar-refractivity contribution in [3.05, 3.63) is 24.5 Å². The van der Waals surface area contributed by atoms with E-state index in [0.29, 0.717) is 12.5 Å². The minimum Gasteiger partial charge on any atom is -0.447 e. The Hall–Kier alpha value is -2.04. The van der Waals surface area contributed by atoms with E-state index in [-0.39, 0.29) is 12.1 Å². The van der Waals surface area contributed by atoms with Gasteiger partial charge in [-0.1, -0.05) is 19.3 Å². The number of aromatic amines is 1. The van der Waals surface area contributed by atoms with Crippen LogP contribution in [0.25, 0.3) is 11.0 Å². The van der Waals surface area contributed by atoms with Crippen molar-refractivity contribution < 1.29 is 9.53 Å². The van der Waals surface area contributed by atoms with E-state index in [2.05, 4.69) is 9.97 Å². The third-order valence-electron chi connectivity index (χ3n) is 4.78. The van der Waals surface area contributed by atoms with Gasteiger partial charge in [-0.25, -0.2) is 9.78 Å². The Morgan fingerprint density at radius 3 is 2.95 bits per heavy atom. The maximum absolute atomic E-state index is 12.2. The number of amides is 1. The number of H-pyrrole nitrogens is 1. The van der Waals surface area contributed by atoms with Gasteiger partial charge in [0.15, 0.2) is 0 Å². The molecule has 1 aromatic carbocycles. The first kappa shape index (κ1) is 12.7. The summed E-state index contributed by atoms with van der Waals surface area (Å²) in [6, 6.07) is 6.09. The number of hydrogen-bond acceptors (Lipinski definition) is 3. The second kappa shape index (κ2) is 5.06. The number of nitrogens with zero attached hydrogens (tertiary/aromatic N) is 2. The predicted octanol–water partition coefficient (Wildman–Crippen LogP) is 3.47. The fourth-order valence-electron chi connectivity index (χ4n) is 3.67. The van der Waals surface area contributed by atoms with Gasteiger partial charge in [-0.05, 0) is 37.0 Å². The molecule has 2 aromatic rings. The maximum Gasteiger partial charge on any atom is 0.414 e. The Labute approximate surface area is 123 Å². The molecule has 1 saturated carbocycles. The number of fused-ring (bicyclic) bond motifs is 1. The molecule has 4 rings (SSSR count). The van der Waals surface area contributed by atoms with Crippen molar-refractivity contribution in [3.63, 3.8) is 0 Å². The molecule has 21 heavy (non-hydrogen) atoms. The number of carbonyl (C=O) groups excluding carboxylic acids is 1. The van der Waals surface area contributed by atoms with Crippen LogP contribution in [-0.2, 0) is 4.74 Å². The third-order valence-corrected chi connectivity index (χ3v) is 4.78. The summed E-state index contributed by atoms with van der Waals surface area (Å²) in [5, 5.41) is 0. The molecule has 1 atom stereocenters. The zero-order valence-electron chi connectivity index (χ0n) is 11.9. The van der Waals surface area contributed by atoms with Crippen LogP contribution in [-0.4, -0.2) is 28.7 Å². The van der Waals surface area contributed by atoms with Gasteiger partial charge in [0.2, 0.25) is 0 Å². The van der Waals surface area contributed by atoms with Gasteiger partial charge >= 0.3 is 6.09 Å². The Morgan fingerprint density at radius 2 is 2.10 bits per heavy atom. The molecule has 5 nitrogen and oxygen atoms in total. The minimum atomic E-state index is -0.222. The van der Waals surface area contributed by atoms with Crippen molar-refractivity contribution in [1.82, 2.24) is 9.97 Å². The maximum atomic E-state index is 12.2. The van der Waals surface area contributed by atoms with Gasteiger partial charge in [-0.15, -0.1) is 0 Å². The molecule has 1 aliphatic carbocycles.